The molecule has 0 fully saturated rings. The number of rotatable bonds is 4. The van der Waals surface area contributed by atoms with Gasteiger partial charge in [0.1, 0.15) is 6.61 Å². The Labute approximate surface area is 106 Å². The van der Waals surface area contributed by atoms with Crippen LogP contribution in [-0.4, -0.2) is 24.8 Å². The molecule has 0 unspecified atom stereocenters. The van der Waals surface area contributed by atoms with Gasteiger partial charge < -0.3 is 4.74 Å². The molecule has 0 aromatic rings. The van der Waals surface area contributed by atoms with E-state index in [1.165, 1.54) is 5.71 Å². The van der Waals surface area contributed by atoms with E-state index < -0.39 is 5.41 Å². The topological polar surface area (TPSA) is 38.7 Å². The fraction of sp³-hybridized carbons (Fsp3) is 0.857. The summed E-state index contributed by atoms with van der Waals surface area (Å²) in [7, 11) is 0. The number of esters is 1. The van der Waals surface area contributed by atoms with Crippen molar-refractivity contribution in [3.05, 3.63) is 0 Å². The predicted molar refractivity (Wildman–Crippen MR) is 72.5 cm³/mol. The summed E-state index contributed by atoms with van der Waals surface area (Å²) in [6.07, 6.45) is 0.941. The van der Waals surface area contributed by atoms with Crippen molar-refractivity contribution in [3.8, 4) is 0 Å². The number of nitrogens with zero attached hydrogens (tertiary/aromatic N) is 1. The Morgan fingerprint density at radius 3 is 1.94 bits per heavy atom. The maximum atomic E-state index is 11.5. The number of carbonyl (C=O) groups is 1. The van der Waals surface area contributed by atoms with E-state index in [9.17, 15) is 4.79 Å². The zero-order chi connectivity index (χ0) is 13.7. The van der Waals surface area contributed by atoms with Crippen molar-refractivity contribution in [2.24, 2.45) is 15.8 Å². The first-order valence-electron chi connectivity index (χ1n) is 6.30. The molecule has 17 heavy (non-hydrogen) atoms. The zero-order valence-electron chi connectivity index (χ0n) is 12.4. The highest BCUT2D eigenvalue weighted by Crippen LogP contribution is 2.18. The lowest BCUT2D eigenvalue weighted by atomic mass is 9.88. The molecule has 0 rings (SSSR count). The first kappa shape index (κ1) is 16.1. The molecule has 0 saturated carbocycles. The quantitative estimate of drug-likeness (QED) is 0.429. The van der Waals surface area contributed by atoms with Crippen LogP contribution < -0.4 is 0 Å². The molecule has 0 N–H and O–H groups in total. The summed E-state index contributed by atoms with van der Waals surface area (Å²) in [4.78, 5) is 16.0. The highest BCUT2D eigenvalue weighted by Gasteiger charge is 2.22. The van der Waals surface area contributed by atoms with Gasteiger partial charge in [-0.05, 0) is 32.6 Å². The van der Waals surface area contributed by atoms with Crippen LogP contribution >= 0.6 is 0 Å². The normalized spacial score (nSPS) is 13.7. The van der Waals surface area contributed by atoms with Crippen molar-refractivity contribution in [2.75, 3.05) is 13.2 Å². The summed E-state index contributed by atoms with van der Waals surface area (Å²) >= 11 is 0. The number of hydrogen-bond acceptors (Lipinski definition) is 3. The standard InChI is InChI=1S/C14H27NO2/c1-8-11(13(2,3)4)15-9-10-17-12(16)14(5,6)7/h8-10H2,1-7H3. The monoisotopic (exact) mass is 241 g/mol. The zero-order valence-corrected chi connectivity index (χ0v) is 12.4. The third-order valence-electron chi connectivity index (χ3n) is 2.44. The molecule has 0 amide bonds. The molecule has 100 valence electrons. The van der Waals surface area contributed by atoms with Gasteiger partial charge in [-0.1, -0.05) is 27.7 Å². The molecule has 0 saturated heterocycles. The minimum atomic E-state index is -0.429. The van der Waals surface area contributed by atoms with Gasteiger partial charge >= 0.3 is 5.97 Å². The van der Waals surface area contributed by atoms with Gasteiger partial charge in [0.15, 0.2) is 0 Å². The Kier molecular flexibility index (Phi) is 5.86. The van der Waals surface area contributed by atoms with E-state index in [4.69, 9.17) is 4.74 Å². The minimum absolute atomic E-state index is 0.1000. The molecule has 0 radical (unpaired) electrons. The number of hydrogen-bond donors (Lipinski definition) is 0. The molecule has 0 bridgehead atoms. The van der Waals surface area contributed by atoms with Crippen LogP contribution in [0.5, 0.6) is 0 Å². The van der Waals surface area contributed by atoms with Gasteiger partial charge in [0.05, 0.1) is 12.0 Å². The van der Waals surface area contributed by atoms with Gasteiger partial charge in [0, 0.05) is 5.71 Å². The molecule has 0 spiro atoms. The predicted octanol–water partition coefficient (Wildman–Crippen LogP) is 3.47. The van der Waals surface area contributed by atoms with Gasteiger partial charge in [0.2, 0.25) is 0 Å². The fourth-order valence-corrected chi connectivity index (χ4v) is 1.41. The Bertz CT molecular complexity index is 280. The molecular formula is C14H27NO2. The maximum Gasteiger partial charge on any atom is 0.311 e. The Morgan fingerprint density at radius 2 is 1.59 bits per heavy atom. The van der Waals surface area contributed by atoms with E-state index in [2.05, 4.69) is 32.7 Å². The van der Waals surface area contributed by atoms with Gasteiger partial charge in [-0.15, -0.1) is 0 Å². The second-order valence-corrected chi connectivity index (χ2v) is 6.32. The first-order chi connectivity index (χ1) is 7.59. The molecule has 0 atom stereocenters. The second-order valence-electron chi connectivity index (χ2n) is 6.32. The lowest BCUT2D eigenvalue weighted by molar-refractivity contribution is -0.152. The molecule has 0 aliphatic rings. The van der Waals surface area contributed by atoms with Crippen molar-refractivity contribution < 1.29 is 9.53 Å². The minimum Gasteiger partial charge on any atom is -0.463 e. The first-order valence-corrected chi connectivity index (χ1v) is 6.30. The van der Waals surface area contributed by atoms with Crippen LogP contribution in [0.15, 0.2) is 4.99 Å². The maximum absolute atomic E-state index is 11.5. The molecule has 0 aliphatic heterocycles. The second kappa shape index (κ2) is 6.18. The average molecular weight is 241 g/mol. The molecule has 3 nitrogen and oxygen atoms in total. The van der Waals surface area contributed by atoms with Crippen LogP contribution in [0.3, 0.4) is 0 Å². The molecule has 3 heteroatoms. The lowest BCUT2D eigenvalue weighted by Crippen LogP contribution is -2.25. The highest BCUT2D eigenvalue weighted by molar-refractivity contribution is 5.89. The van der Waals surface area contributed by atoms with Crippen LogP contribution in [0.2, 0.25) is 0 Å². The molecule has 0 aromatic heterocycles. The summed E-state index contributed by atoms with van der Waals surface area (Å²) in [6, 6.07) is 0. The highest BCUT2D eigenvalue weighted by atomic mass is 16.5. The van der Waals surface area contributed by atoms with Crippen molar-refractivity contribution in [1.29, 1.82) is 0 Å². The Balaban J connectivity index is 4.15. The van der Waals surface area contributed by atoms with E-state index in [-0.39, 0.29) is 11.4 Å². The van der Waals surface area contributed by atoms with E-state index >= 15 is 0 Å². The summed E-state index contributed by atoms with van der Waals surface area (Å²) in [6.45, 7) is 15.0. The number of aliphatic imine (C=N–C) groups is 1. The molecule has 0 heterocycles. The van der Waals surface area contributed by atoms with Crippen LogP contribution in [0.1, 0.15) is 54.9 Å². The Morgan fingerprint density at radius 1 is 1.06 bits per heavy atom. The van der Waals surface area contributed by atoms with Crippen molar-refractivity contribution >= 4 is 11.7 Å². The van der Waals surface area contributed by atoms with E-state index in [1.807, 2.05) is 20.8 Å². The fourth-order valence-electron chi connectivity index (χ4n) is 1.41. The summed E-state index contributed by atoms with van der Waals surface area (Å²) in [5.74, 6) is -0.165. The van der Waals surface area contributed by atoms with Gasteiger partial charge in [-0.3, -0.25) is 9.79 Å². The summed E-state index contributed by atoms with van der Waals surface area (Å²) < 4.78 is 5.17. The third kappa shape index (κ3) is 6.44. The number of carbonyl (C=O) groups excluding carboxylic acids is 1. The van der Waals surface area contributed by atoms with Crippen LogP contribution in [0.4, 0.5) is 0 Å². The van der Waals surface area contributed by atoms with E-state index in [0.29, 0.717) is 13.2 Å². The average Bonchev–Trinajstić information content (AvgIpc) is 2.13. The summed E-state index contributed by atoms with van der Waals surface area (Å²) in [5.41, 5.74) is 0.841. The SMILES string of the molecule is CCC(=NCCOC(=O)C(C)(C)C)C(C)(C)C. The smallest absolute Gasteiger partial charge is 0.311 e. The van der Waals surface area contributed by atoms with Crippen LogP contribution in [0, 0.1) is 10.8 Å². The van der Waals surface area contributed by atoms with Gasteiger partial charge in [-0.25, -0.2) is 0 Å². The van der Waals surface area contributed by atoms with Crippen LogP contribution in [-0.2, 0) is 9.53 Å². The van der Waals surface area contributed by atoms with Crippen molar-refractivity contribution in [3.63, 3.8) is 0 Å². The largest absolute Gasteiger partial charge is 0.463 e. The van der Waals surface area contributed by atoms with Gasteiger partial charge in [0.25, 0.3) is 0 Å². The van der Waals surface area contributed by atoms with Crippen molar-refractivity contribution in [1.82, 2.24) is 0 Å². The van der Waals surface area contributed by atoms with E-state index in [0.717, 1.165) is 6.42 Å². The van der Waals surface area contributed by atoms with Crippen LogP contribution in [0.25, 0.3) is 0 Å². The Hall–Kier alpha value is -0.860. The lowest BCUT2D eigenvalue weighted by Gasteiger charge is -2.21. The third-order valence-corrected chi connectivity index (χ3v) is 2.44. The summed E-state index contributed by atoms with van der Waals surface area (Å²) in [5, 5.41) is 0. The van der Waals surface area contributed by atoms with E-state index in [1.54, 1.807) is 0 Å². The van der Waals surface area contributed by atoms with Crippen molar-refractivity contribution in [2.45, 2.75) is 54.9 Å². The van der Waals surface area contributed by atoms with Gasteiger partial charge in [-0.2, -0.15) is 0 Å². The number of ether oxygens (including phenoxy) is 1. The molecular weight excluding hydrogens is 214 g/mol. The molecule has 0 aromatic carbocycles. The molecule has 0 aliphatic carbocycles.